The molecule has 0 aromatic carbocycles. The van der Waals surface area contributed by atoms with Crippen LogP contribution in [0, 0.1) is 14.2 Å². The number of carbonyl (C=O) groups excluding carboxylic acids is 1. The number of nitrogens with one attached hydrogen (secondary N) is 1. The number of carbonyl (C=O) groups is 1. The molecule has 1 aromatic rings. The zero-order valence-corrected chi connectivity index (χ0v) is 12.3. The number of hydrogen-bond donors (Lipinski definition) is 1. The van der Waals surface area contributed by atoms with Crippen LogP contribution in [-0.2, 0) is 0 Å². The molecule has 0 atom stereocenters. The van der Waals surface area contributed by atoms with Gasteiger partial charge in [-0.25, -0.2) is 0 Å². The third kappa shape index (κ3) is 2.99. The maximum absolute atomic E-state index is 12.0. The maximum Gasteiger partial charge on any atom is 0.253 e. The van der Waals surface area contributed by atoms with E-state index in [1.807, 2.05) is 11.4 Å². The zero-order chi connectivity index (χ0) is 12.3. The van der Waals surface area contributed by atoms with E-state index in [0.29, 0.717) is 5.56 Å². The summed E-state index contributed by atoms with van der Waals surface area (Å²) in [5.41, 5.74) is 0.0301. The van der Waals surface area contributed by atoms with E-state index < -0.39 is 5.54 Å². The predicted molar refractivity (Wildman–Crippen MR) is 75.9 cm³/mol. The minimum atomic E-state index is -0.636. The SMILES string of the molecule is N#CC1(NC(=O)c2csc(I)c2)CCCCC1. The molecule has 1 aliphatic carbocycles. The molecule has 1 amide bonds. The lowest BCUT2D eigenvalue weighted by Gasteiger charge is -2.31. The molecule has 0 unspecified atom stereocenters. The number of rotatable bonds is 2. The van der Waals surface area contributed by atoms with Gasteiger partial charge in [-0.2, -0.15) is 5.26 Å². The maximum atomic E-state index is 12.0. The fraction of sp³-hybridized carbons (Fsp3) is 0.500. The zero-order valence-electron chi connectivity index (χ0n) is 9.33. The minimum Gasteiger partial charge on any atom is -0.334 e. The van der Waals surface area contributed by atoms with Crippen molar-refractivity contribution in [2.75, 3.05) is 0 Å². The number of hydrogen-bond acceptors (Lipinski definition) is 3. The van der Waals surface area contributed by atoms with Crippen LogP contribution in [0.2, 0.25) is 0 Å². The number of halogens is 1. The summed E-state index contributed by atoms with van der Waals surface area (Å²) in [5.74, 6) is -0.118. The van der Waals surface area contributed by atoms with Crippen LogP contribution in [0.1, 0.15) is 42.5 Å². The van der Waals surface area contributed by atoms with Gasteiger partial charge in [-0.1, -0.05) is 19.3 Å². The number of nitrogens with zero attached hydrogens (tertiary/aromatic N) is 1. The Balaban J connectivity index is 2.09. The molecule has 1 fully saturated rings. The molecule has 3 nitrogen and oxygen atoms in total. The van der Waals surface area contributed by atoms with Crippen molar-refractivity contribution in [3.8, 4) is 6.07 Å². The molecule has 0 bridgehead atoms. The van der Waals surface area contributed by atoms with E-state index in [0.717, 1.165) is 35.0 Å². The third-order valence-corrected chi connectivity index (χ3v) is 4.89. The van der Waals surface area contributed by atoms with Crippen molar-refractivity contribution in [3.05, 3.63) is 19.9 Å². The minimum absolute atomic E-state index is 0.118. The summed E-state index contributed by atoms with van der Waals surface area (Å²) < 4.78 is 1.09. The second kappa shape index (κ2) is 5.36. The van der Waals surface area contributed by atoms with Crippen LogP contribution in [0.25, 0.3) is 0 Å². The molecule has 0 aliphatic heterocycles. The van der Waals surface area contributed by atoms with Gasteiger partial charge in [0.1, 0.15) is 5.54 Å². The van der Waals surface area contributed by atoms with Crippen LogP contribution in [-0.4, -0.2) is 11.4 Å². The highest BCUT2D eigenvalue weighted by atomic mass is 127. The van der Waals surface area contributed by atoms with Crippen molar-refractivity contribution in [3.63, 3.8) is 0 Å². The van der Waals surface area contributed by atoms with E-state index in [1.54, 1.807) is 11.3 Å². The van der Waals surface area contributed by atoms with E-state index >= 15 is 0 Å². The van der Waals surface area contributed by atoms with Crippen molar-refractivity contribution >= 4 is 39.8 Å². The van der Waals surface area contributed by atoms with Crippen LogP contribution < -0.4 is 5.32 Å². The topological polar surface area (TPSA) is 52.9 Å². The lowest BCUT2D eigenvalue weighted by molar-refractivity contribution is 0.0903. The summed E-state index contributed by atoms with van der Waals surface area (Å²) in [7, 11) is 0. The molecule has 1 saturated carbocycles. The monoisotopic (exact) mass is 360 g/mol. The smallest absolute Gasteiger partial charge is 0.253 e. The lowest BCUT2D eigenvalue weighted by Crippen LogP contribution is -2.48. The van der Waals surface area contributed by atoms with Crippen LogP contribution >= 0.6 is 33.9 Å². The Hall–Kier alpha value is -0.610. The summed E-state index contributed by atoms with van der Waals surface area (Å²) in [4.78, 5) is 12.0. The molecule has 0 radical (unpaired) electrons. The van der Waals surface area contributed by atoms with E-state index in [-0.39, 0.29) is 5.91 Å². The summed E-state index contributed by atoms with van der Waals surface area (Å²) in [6.45, 7) is 0. The number of thiophene rings is 1. The largest absolute Gasteiger partial charge is 0.334 e. The van der Waals surface area contributed by atoms with Crippen molar-refractivity contribution in [1.82, 2.24) is 5.32 Å². The lowest BCUT2D eigenvalue weighted by atomic mass is 9.82. The second-order valence-corrected chi connectivity index (χ2v) is 7.15. The highest BCUT2D eigenvalue weighted by Gasteiger charge is 2.33. The Morgan fingerprint density at radius 1 is 1.47 bits per heavy atom. The Kier molecular flexibility index (Phi) is 4.05. The van der Waals surface area contributed by atoms with E-state index in [1.165, 1.54) is 0 Å². The molecule has 0 spiro atoms. The quantitative estimate of drug-likeness (QED) is 0.823. The average Bonchev–Trinajstić information content (AvgIpc) is 2.77. The molecule has 5 heteroatoms. The van der Waals surface area contributed by atoms with Gasteiger partial charge in [-0.3, -0.25) is 4.79 Å². The molecule has 1 N–H and O–H groups in total. The van der Waals surface area contributed by atoms with Gasteiger partial charge < -0.3 is 5.32 Å². The standard InChI is InChI=1S/C12H13IN2OS/c13-10-6-9(7-17-10)11(16)15-12(8-14)4-2-1-3-5-12/h6-7H,1-5H2,(H,15,16). The number of amides is 1. The van der Waals surface area contributed by atoms with Gasteiger partial charge >= 0.3 is 0 Å². The third-order valence-electron chi connectivity index (χ3n) is 3.10. The molecular weight excluding hydrogens is 347 g/mol. The van der Waals surface area contributed by atoms with Crippen LogP contribution in [0.4, 0.5) is 0 Å². The molecule has 1 heterocycles. The first-order chi connectivity index (χ1) is 8.15. The van der Waals surface area contributed by atoms with Crippen molar-refractivity contribution in [1.29, 1.82) is 5.26 Å². The number of nitriles is 1. The highest BCUT2D eigenvalue weighted by molar-refractivity contribution is 14.1. The van der Waals surface area contributed by atoms with E-state index in [9.17, 15) is 10.1 Å². The Morgan fingerprint density at radius 2 is 2.18 bits per heavy atom. The molecule has 1 aromatic heterocycles. The molecule has 0 saturated heterocycles. The Bertz CT molecular complexity index is 457. The van der Waals surface area contributed by atoms with Crippen LogP contribution in [0.3, 0.4) is 0 Å². The second-order valence-electron chi connectivity index (χ2n) is 4.35. The van der Waals surface area contributed by atoms with Crippen molar-refractivity contribution < 1.29 is 4.79 Å². The van der Waals surface area contributed by atoms with Gasteiger partial charge in [0, 0.05) is 5.38 Å². The molecule has 1 aliphatic rings. The van der Waals surface area contributed by atoms with Gasteiger partial charge in [0.25, 0.3) is 5.91 Å². The van der Waals surface area contributed by atoms with E-state index in [4.69, 9.17) is 0 Å². The molecule has 90 valence electrons. The fourth-order valence-corrected chi connectivity index (χ4v) is 3.47. The summed E-state index contributed by atoms with van der Waals surface area (Å²) >= 11 is 3.74. The predicted octanol–water partition coefficient (Wildman–Crippen LogP) is 3.31. The normalized spacial score (nSPS) is 18.4. The van der Waals surface area contributed by atoms with E-state index in [2.05, 4.69) is 34.0 Å². The van der Waals surface area contributed by atoms with Gasteiger partial charge in [0.15, 0.2) is 0 Å². The first-order valence-corrected chi connectivity index (χ1v) is 7.59. The Labute approximate surface area is 118 Å². The first-order valence-electron chi connectivity index (χ1n) is 5.63. The Morgan fingerprint density at radius 3 is 2.71 bits per heavy atom. The van der Waals surface area contributed by atoms with Crippen molar-refractivity contribution in [2.24, 2.45) is 0 Å². The van der Waals surface area contributed by atoms with Crippen LogP contribution in [0.5, 0.6) is 0 Å². The van der Waals surface area contributed by atoms with Crippen LogP contribution in [0.15, 0.2) is 11.4 Å². The average molecular weight is 360 g/mol. The van der Waals surface area contributed by atoms with Gasteiger partial charge in [0.05, 0.1) is 14.5 Å². The summed E-state index contributed by atoms with van der Waals surface area (Å²) in [6.07, 6.45) is 4.76. The highest BCUT2D eigenvalue weighted by Crippen LogP contribution is 2.28. The van der Waals surface area contributed by atoms with Gasteiger partial charge in [-0.15, -0.1) is 11.3 Å². The first kappa shape index (κ1) is 12.8. The molecular formula is C12H13IN2OS. The van der Waals surface area contributed by atoms with Crippen molar-refractivity contribution in [2.45, 2.75) is 37.6 Å². The van der Waals surface area contributed by atoms with Gasteiger partial charge in [-0.05, 0) is 41.5 Å². The fourth-order valence-electron chi connectivity index (χ4n) is 2.14. The van der Waals surface area contributed by atoms with Gasteiger partial charge in [0.2, 0.25) is 0 Å². The summed E-state index contributed by atoms with van der Waals surface area (Å²) in [5, 5.41) is 14.0. The molecule has 2 rings (SSSR count). The molecule has 17 heavy (non-hydrogen) atoms. The summed E-state index contributed by atoms with van der Waals surface area (Å²) in [6, 6.07) is 4.15.